The predicted octanol–water partition coefficient (Wildman–Crippen LogP) is 3.78. The molecule has 0 saturated carbocycles. The van der Waals surface area contributed by atoms with Crippen LogP contribution in [0.3, 0.4) is 0 Å². The number of thiazole rings is 1. The zero-order valence-corrected chi connectivity index (χ0v) is 17.5. The van der Waals surface area contributed by atoms with Gasteiger partial charge in [0.15, 0.2) is 16.1 Å². The Bertz CT molecular complexity index is 1120. The molecule has 0 aliphatic heterocycles. The van der Waals surface area contributed by atoms with Gasteiger partial charge in [0, 0.05) is 5.69 Å². The van der Waals surface area contributed by atoms with Gasteiger partial charge in [-0.3, -0.25) is 4.72 Å². The number of aromatic carboxylic acids is 1. The minimum absolute atomic E-state index is 0.0248. The third kappa shape index (κ3) is 5.19. The number of nitrogens with zero attached hydrogens (tertiary/aromatic N) is 3. The quantitative estimate of drug-likeness (QED) is 0.469. The van der Waals surface area contributed by atoms with Gasteiger partial charge < -0.3 is 10.4 Å². The summed E-state index contributed by atoms with van der Waals surface area (Å²) >= 11 is 6.67. The summed E-state index contributed by atoms with van der Waals surface area (Å²) in [6, 6.07) is 8.76. The first-order valence-corrected chi connectivity index (χ1v) is 11.1. The van der Waals surface area contributed by atoms with Gasteiger partial charge in [0.1, 0.15) is 4.88 Å². The standard InChI is InChI=1S/C17H16ClN5O4S2/c1-2-3-12-15(16(24)25)28-17(20-12)19-10-4-6-11(7-5-10)29(26,27)23-14-9-8-13(18)21-22-14/h4-9H,2-3H2,1H3,(H,19,20)(H,22,23)(H,24,25). The number of carbonyl (C=O) groups is 1. The third-order valence-corrected chi connectivity index (χ3v) is 6.24. The van der Waals surface area contributed by atoms with Gasteiger partial charge in [0.25, 0.3) is 10.0 Å². The molecule has 0 amide bonds. The fourth-order valence-corrected chi connectivity index (χ4v) is 4.35. The van der Waals surface area contributed by atoms with Crippen molar-refractivity contribution in [2.24, 2.45) is 0 Å². The maximum Gasteiger partial charge on any atom is 0.347 e. The van der Waals surface area contributed by atoms with Crippen LogP contribution in [0.1, 0.15) is 28.7 Å². The van der Waals surface area contributed by atoms with Crippen LogP contribution >= 0.6 is 22.9 Å². The number of aryl methyl sites for hydroxylation is 1. The van der Waals surface area contributed by atoms with Gasteiger partial charge in [0.2, 0.25) is 0 Å². The van der Waals surface area contributed by atoms with Crippen molar-refractivity contribution in [1.82, 2.24) is 15.2 Å². The SMILES string of the molecule is CCCc1nc(Nc2ccc(S(=O)(=O)Nc3ccc(Cl)nn3)cc2)sc1C(=O)O. The van der Waals surface area contributed by atoms with Gasteiger partial charge in [0.05, 0.1) is 10.6 Å². The molecule has 152 valence electrons. The second kappa shape index (κ2) is 8.72. The number of rotatable bonds is 8. The highest BCUT2D eigenvalue weighted by Gasteiger charge is 2.18. The zero-order valence-electron chi connectivity index (χ0n) is 15.1. The molecular weight excluding hydrogens is 438 g/mol. The zero-order chi connectivity index (χ0) is 21.0. The van der Waals surface area contributed by atoms with E-state index in [1.54, 1.807) is 12.1 Å². The largest absolute Gasteiger partial charge is 0.477 e. The molecule has 9 nitrogen and oxygen atoms in total. The molecule has 0 aliphatic carbocycles. The van der Waals surface area contributed by atoms with E-state index < -0.39 is 16.0 Å². The van der Waals surface area contributed by atoms with Crippen molar-refractivity contribution in [1.29, 1.82) is 0 Å². The minimum atomic E-state index is -3.85. The number of benzene rings is 1. The van der Waals surface area contributed by atoms with Crippen molar-refractivity contribution < 1.29 is 18.3 Å². The summed E-state index contributed by atoms with van der Waals surface area (Å²) in [5, 5.41) is 20.1. The fourth-order valence-electron chi connectivity index (χ4n) is 2.39. The van der Waals surface area contributed by atoms with Crippen LogP contribution in [0.2, 0.25) is 5.15 Å². The molecule has 2 aromatic heterocycles. The van der Waals surface area contributed by atoms with E-state index in [-0.39, 0.29) is 20.7 Å². The summed E-state index contributed by atoms with van der Waals surface area (Å²) in [4.78, 5) is 15.9. The summed E-state index contributed by atoms with van der Waals surface area (Å²) < 4.78 is 27.2. The number of anilines is 3. The average molecular weight is 454 g/mol. The Morgan fingerprint density at radius 2 is 1.90 bits per heavy atom. The molecule has 3 N–H and O–H groups in total. The van der Waals surface area contributed by atoms with Gasteiger partial charge in [-0.15, -0.1) is 10.2 Å². The summed E-state index contributed by atoms with van der Waals surface area (Å²) in [6.07, 6.45) is 1.34. The number of sulfonamides is 1. The lowest BCUT2D eigenvalue weighted by Crippen LogP contribution is -2.14. The Kier molecular flexibility index (Phi) is 6.30. The third-order valence-electron chi connectivity index (χ3n) is 3.67. The lowest BCUT2D eigenvalue weighted by molar-refractivity contribution is 0.0700. The van der Waals surface area contributed by atoms with Crippen LogP contribution in [0.4, 0.5) is 16.6 Å². The number of hydrogen-bond acceptors (Lipinski definition) is 8. The topological polar surface area (TPSA) is 134 Å². The van der Waals surface area contributed by atoms with Crippen molar-refractivity contribution in [3.05, 3.63) is 52.1 Å². The van der Waals surface area contributed by atoms with Crippen LogP contribution < -0.4 is 10.0 Å². The summed E-state index contributed by atoms with van der Waals surface area (Å²) in [7, 11) is -3.85. The molecule has 0 spiro atoms. The molecule has 0 atom stereocenters. The second-order valence-electron chi connectivity index (χ2n) is 5.85. The monoisotopic (exact) mass is 453 g/mol. The highest BCUT2D eigenvalue weighted by molar-refractivity contribution is 7.92. The molecule has 0 saturated heterocycles. The summed E-state index contributed by atoms with van der Waals surface area (Å²) in [5.41, 5.74) is 1.10. The molecule has 0 bridgehead atoms. The van der Waals surface area contributed by atoms with E-state index in [2.05, 4.69) is 25.2 Å². The van der Waals surface area contributed by atoms with Gasteiger partial charge in [-0.2, -0.15) is 0 Å². The number of nitrogens with one attached hydrogen (secondary N) is 2. The van der Waals surface area contributed by atoms with Crippen LogP contribution in [0.5, 0.6) is 0 Å². The summed E-state index contributed by atoms with van der Waals surface area (Å²) in [6.45, 7) is 1.95. The average Bonchev–Trinajstić information content (AvgIpc) is 3.07. The number of hydrogen-bond donors (Lipinski definition) is 3. The van der Waals surface area contributed by atoms with Gasteiger partial charge in [-0.25, -0.2) is 18.2 Å². The van der Waals surface area contributed by atoms with Crippen molar-refractivity contribution in [3.63, 3.8) is 0 Å². The first-order chi connectivity index (χ1) is 13.8. The Hall–Kier alpha value is -2.76. The molecule has 1 aromatic carbocycles. The molecule has 3 rings (SSSR count). The highest BCUT2D eigenvalue weighted by atomic mass is 35.5. The van der Waals surface area contributed by atoms with Crippen molar-refractivity contribution in [2.75, 3.05) is 10.0 Å². The van der Waals surface area contributed by atoms with Crippen molar-refractivity contribution in [3.8, 4) is 0 Å². The smallest absolute Gasteiger partial charge is 0.347 e. The molecular formula is C17H16ClN5O4S2. The van der Waals surface area contributed by atoms with Gasteiger partial charge >= 0.3 is 5.97 Å². The van der Waals surface area contributed by atoms with E-state index in [0.29, 0.717) is 22.9 Å². The molecule has 0 radical (unpaired) electrons. The van der Waals surface area contributed by atoms with E-state index in [0.717, 1.165) is 17.8 Å². The highest BCUT2D eigenvalue weighted by Crippen LogP contribution is 2.27. The molecule has 0 aliphatic rings. The number of halogens is 1. The lowest BCUT2D eigenvalue weighted by Gasteiger charge is -2.08. The summed E-state index contributed by atoms with van der Waals surface area (Å²) in [5.74, 6) is -0.971. The Morgan fingerprint density at radius 1 is 1.17 bits per heavy atom. The second-order valence-corrected chi connectivity index (χ2v) is 8.91. The van der Waals surface area contributed by atoms with Crippen molar-refractivity contribution in [2.45, 2.75) is 24.7 Å². The Morgan fingerprint density at radius 3 is 2.48 bits per heavy atom. The predicted molar refractivity (Wildman–Crippen MR) is 111 cm³/mol. The van der Waals surface area contributed by atoms with E-state index in [1.807, 2.05) is 6.92 Å². The maximum atomic E-state index is 12.4. The van der Waals surface area contributed by atoms with E-state index >= 15 is 0 Å². The molecule has 12 heteroatoms. The Labute approximate surface area is 175 Å². The number of carboxylic acid groups (broad SMARTS) is 1. The fraction of sp³-hybridized carbons (Fsp3) is 0.176. The number of aromatic nitrogens is 3. The van der Waals surface area contributed by atoms with E-state index in [4.69, 9.17) is 11.6 Å². The first kappa shape index (κ1) is 21.0. The van der Waals surface area contributed by atoms with Crippen LogP contribution in [0, 0.1) is 0 Å². The molecule has 3 aromatic rings. The van der Waals surface area contributed by atoms with Gasteiger partial charge in [-0.05, 0) is 42.8 Å². The first-order valence-electron chi connectivity index (χ1n) is 8.40. The van der Waals surface area contributed by atoms with Gasteiger partial charge in [-0.1, -0.05) is 36.3 Å². The maximum absolute atomic E-state index is 12.4. The normalized spacial score (nSPS) is 11.2. The Balaban J connectivity index is 1.75. The van der Waals surface area contributed by atoms with Crippen LogP contribution in [0.15, 0.2) is 41.3 Å². The molecule has 0 fully saturated rings. The molecule has 0 unspecified atom stereocenters. The van der Waals surface area contributed by atoms with Crippen LogP contribution in [-0.2, 0) is 16.4 Å². The molecule has 2 heterocycles. The number of carboxylic acids is 1. The van der Waals surface area contributed by atoms with Crippen LogP contribution in [0.25, 0.3) is 0 Å². The van der Waals surface area contributed by atoms with Crippen LogP contribution in [-0.4, -0.2) is 34.7 Å². The van der Waals surface area contributed by atoms with Crippen molar-refractivity contribution >= 4 is 55.6 Å². The minimum Gasteiger partial charge on any atom is -0.477 e. The lowest BCUT2D eigenvalue weighted by atomic mass is 10.2. The van der Waals surface area contributed by atoms with E-state index in [1.165, 1.54) is 24.3 Å². The van der Waals surface area contributed by atoms with E-state index in [9.17, 15) is 18.3 Å². The molecule has 29 heavy (non-hydrogen) atoms.